The van der Waals surface area contributed by atoms with Crippen LogP contribution in [0.4, 0.5) is 10.5 Å². The number of nitrogens with two attached hydrogens (primary N) is 1. The highest BCUT2D eigenvalue weighted by atomic mass is 16.2. The first-order chi connectivity index (χ1) is 10.1. The molecule has 1 heterocycles. The summed E-state index contributed by atoms with van der Waals surface area (Å²) in [4.78, 5) is 36.2. The van der Waals surface area contributed by atoms with Gasteiger partial charge in [0, 0.05) is 5.69 Å². The van der Waals surface area contributed by atoms with Gasteiger partial charge in [-0.1, -0.05) is 18.2 Å². The van der Waals surface area contributed by atoms with Crippen molar-refractivity contribution < 1.29 is 14.4 Å². The van der Waals surface area contributed by atoms with E-state index < -0.39 is 11.9 Å². The van der Waals surface area contributed by atoms with Gasteiger partial charge in [-0.25, -0.2) is 4.79 Å². The number of rotatable bonds is 4. The Morgan fingerprint density at radius 3 is 2.62 bits per heavy atom. The molecule has 1 aliphatic rings. The summed E-state index contributed by atoms with van der Waals surface area (Å²) < 4.78 is 0. The molecule has 0 aromatic heterocycles. The van der Waals surface area contributed by atoms with E-state index in [1.54, 1.807) is 17.0 Å². The molecule has 1 aliphatic heterocycles. The Labute approximate surface area is 122 Å². The van der Waals surface area contributed by atoms with Gasteiger partial charge in [-0.2, -0.15) is 0 Å². The lowest BCUT2D eigenvalue weighted by Crippen LogP contribution is -2.47. The molecule has 7 heteroatoms. The lowest BCUT2D eigenvalue weighted by atomic mass is 10.2. The second-order valence-electron chi connectivity index (χ2n) is 4.90. The molecule has 21 heavy (non-hydrogen) atoms. The molecular weight excluding hydrogens is 272 g/mol. The third kappa shape index (κ3) is 4.28. The average Bonchev–Trinajstić information content (AvgIpc) is 2.87. The lowest BCUT2D eigenvalue weighted by Gasteiger charge is -2.22. The summed E-state index contributed by atoms with van der Waals surface area (Å²) in [5.41, 5.74) is 5.61. The summed E-state index contributed by atoms with van der Waals surface area (Å²) in [7, 11) is 0. The molecule has 1 fully saturated rings. The molecule has 7 nitrogen and oxygen atoms in total. The predicted molar refractivity (Wildman–Crippen MR) is 77.4 cm³/mol. The van der Waals surface area contributed by atoms with E-state index in [9.17, 15) is 14.4 Å². The lowest BCUT2D eigenvalue weighted by molar-refractivity contribution is -0.124. The van der Waals surface area contributed by atoms with Crippen LogP contribution in [-0.4, -0.2) is 41.9 Å². The number of urea groups is 1. The van der Waals surface area contributed by atoms with Crippen molar-refractivity contribution >= 4 is 23.5 Å². The number of anilines is 1. The molecule has 4 N–H and O–H groups in total. The molecule has 0 radical (unpaired) electrons. The van der Waals surface area contributed by atoms with Crippen molar-refractivity contribution in [1.29, 1.82) is 0 Å². The zero-order valence-corrected chi connectivity index (χ0v) is 11.5. The summed E-state index contributed by atoms with van der Waals surface area (Å²) in [6.07, 6.45) is 1.51. The molecule has 0 spiro atoms. The van der Waals surface area contributed by atoms with Gasteiger partial charge in [0.05, 0.1) is 12.6 Å². The zero-order chi connectivity index (χ0) is 15.2. The minimum atomic E-state index is -0.885. The molecule has 0 saturated carbocycles. The number of hydrogen-bond acceptors (Lipinski definition) is 4. The Hall–Kier alpha value is -2.41. The van der Waals surface area contributed by atoms with Crippen LogP contribution in [0.2, 0.25) is 0 Å². The molecule has 1 saturated heterocycles. The molecule has 0 bridgehead atoms. The van der Waals surface area contributed by atoms with Gasteiger partial charge in [0.25, 0.3) is 0 Å². The molecule has 112 valence electrons. The van der Waals surface area contributed by atoms with Crippen LogP contribution in [0.1, 0.15) is 12.8 Å². The van der Waals surface area contributed by atoms with Crippen molar-refractivity contribution in [3.63, 3.8) is 0 Å². The van der Waals surface area contributed by atoms with Crippen molar-refractivity contribution in [2.75, 3.05) is 18.4 Å². The highest BCUT2D eigenvalue weighted by molar-refractivity contribution is 5.97. The van der Waals surface area contributed by atoms with Gasteiger partial charge in [-0.15, -0.1) is 0 Å². The van der Waals surface area contributed by atoms with Gasteiger partial charge in [0.2, 0.25) is 11.8 Å². The van der Waals surface area contributed by atoms with E-state index in [2.05, 4.69) is 5.32 Å². The number of nitrogens with one attached hydrogen (secondary N) is 2. The Morgan fingerprint density at radius 2 is 1.95 bits per heavy atom. The fourth-order valence-electron chi connectivity index (χ4n) is 2.42. The van der Waals surface area contributed by atoms with Crippen molar-refractivity contribution in [1.82, 2.24) is 10.2 Å². The van der Waals surface area contributed by atoms with Crippen LogP contribution >= 0.6 is 0 Å². The number of primary amides is 1. The molecular formula is C14H18N4O3. The molecule has 2 rings (SSSR count). The maximum absolute atomic E-state index is 12.3. The minimum absolute atomic E-state index is 0.0180. The van der Waals surface area contributed by atoms with Gasteiger partial charge in [0.15, 0.2) is 0 Å². The Balaban J connectivity index is 1.93. The number of nitrogens with zero attached hydrogens (tertiary/aromatic N) is 1. The second-order valence-corrected chi connectivity index (χ2v) is 4.90. The summed E-state index contributed by atoms with van der Waals surface area (Å²) in [6.45, 7) is 0.620. The molecule has 1 atom stereocenters. The van der Waals surface area contributed by atoms with Crippen LogP contribution in [0, 0.1) is 0 Å². The number of hydrogen-bond donors (Lipinski definition) is 3. The Morgan fingerprint density at radius 1 is 1.24 bits per heavy atom. The quantitative estimate of drug-likeness (QED) is 0.741. The summed E-state index contributed by atoms with van der Waals surface area (Å²) in [6, 6.07) is 7.89. The number of likely N-dealkylation sites (tertiary alicyclic amines) is 1. The number of carbonyl (C=O) groups excluding carboxylic acids is 3. The van der Waals surface area contributed by atoms with Crippen molar-refractivity contribution in [2.24, 2.45) is 5.73 Å². The number of para-hydroxylation sites is 1. The summed E-state index contributed by atoms with van der Waals surface area (Å²) in [5.74, 6) is -0.646. The Bertz CT molecular complexity index is 532. The van der Waals surface area contributed by atoms with Crippen LogP contribution in [0.15, 0.2) is 30.3 Å². The van der Waals surface area contributed by atoms with Gasteiger partial charge in [0.1, 0.15) is 0 Å². The van der Waals surface area contributed by atoms with Crippen molar-refractivity contribution in [3.05, 3.63) is 30.3 Å². The highest BCUT2D eigenvalue weighted by Crippen LogP contribution is 2.18. The van der Waals surface area contributed by atoms with E-state index in [-0.39, 0.29) is 18.5 Å². The molecule has 0 aliphatic carbocycles. The van der Waals surface area contributed by atoms with Gasteiger partial charge in [-0.3, -0.25) is 19.8 Å². The maximum atomic E-state index is 12.3. The second kappa shape index (κ2) is 6.85. The maximum Gasteiger partial charge on any atom is 0.318 e. The molecule has 4 amide bonds. The van der Waals surface area contributed by atoms with Crippen LogP contribution in [0.25, 0.3) is 0 Å². The largest absolute Gasteiger partial charge is 0.351 e. The average molecular weight is 290 g/mol. The first-order valence-electron chi connectivity index (χ1n) is 6.75. The summed E-state index contributed by atoms with van der Waals surface area (Å²) in [5, 5.41) is 4.83. The first-order valence-corrected chi connectivity index (χ1v) is 6.75. The van der Waals surface area contributed by atoms with E-state index in [0.29, 0.717) is 13.0 Å². The van der Waals surface area contributed by atoms with Gasteiger partial charge in [-0.05, 0) is 31.5 Å². The van der Waals surface area contributed by atoms with Crippen molar-refractivity contribution in [3.8, 4) is 0 Å². The summed E-state index contributed by atoms with van der Waals surface area (Å²) >= 11 is 0. The monoisotopic (exact) mass is 290 g/mol. The van der Waals surface area contributed by atoms with Gasteiger partial charge < -0.3 is 11.1 Å². The molecule has 1 unspecified atom stereocenters. The topological polar surface area (TPSA) is 105 Å². The minimum Gasteiger partial charge on any atom is -0.351 e. The predicted octanol–water partition coefficient (Wildman–Crippen LogP) is 0.284. The van der Waals surface area contributed by atoms with Crippen LogP contribution < -0.4 is 16.4 Å². The number of carbonyl (C=O) groups is 3. The number of amides is 4. The van der Waals surface area contributed by atoms with E-state index in [0.717, 1.165) is 12.1 Å². The molecule has 1 aromatic rings. The fraction of sp³-hybridized carbons (Fsp3) is 0.357. The zero-order valence-electron chi connectivity index (χ0n) is 11.5. The van der Waals surface area contributed by atoms with E-state index in [4.69, 9.17) is 5.73 Å². The number of imide groups is 1. The fourth-order valence-corrected chi connectivity index (χ4v) is 2.42. The Kier molecular flexibility index (Phi) is 4.89. The molecule has 1 aromatic carbocycles. The van der Waals surface area contributed by atoms with Gasteiger partial charge >= 0.3 is 6.03 Å². The number of benzene rings is 1. The normalized spacial score (nSPS) is 18.2. The SMILES string of the molecule is NC(=O)NC(=O)CN1CCCC1C(=O)Nc1ccccc1. The smallest absolute Gasteiger partial charge is 0.318 e. The van der Waals surface area contributed by atoms with Crippen LogP contribution in [-0.2, 0) is 9.59 Å². The highest BCUT2D eigenvalue weighted by Gasteiger charge is 2.32. The van der Waals surface area contributed by atoms with Crippen LogP contribution in [0.3, 0.4) is 0 Å². The third-order valence-electron chi connectivity index (χ3n) is 3.32. The first kappa shape index (κ1) is 15.0. The van der Waals surface area contributed by atoms with Crippen molar-refractivity contribution in [2.45, 2.75) is 18.9 Å². The standard InChI is InChI=1S/C14H18N4O3/c15-14(21)17-12(19)9-18-8-4-7-11(18)13(20)16-10-5-2-1-3-6-10/h1-3,5-6,11H,4,7-9H2,(H,16,20)(H3,15,17,19,21). The van der Waals surface area contributed by atoms with Crippen LogP contribution in [0.5, 0.6) is 0 Å². The van der Waals surface area contributed by atoms with E-state index >= 15 is 0 Å². The van der Waals surface area contributed by atoms with E-state index in [1.165, 1.54) is 0 Å². The van der Waals surface area contributed by atoms with E-state index in [1.807, 2.05) is 23.5 Å². The third-order valence-corrected chi connectivity index (χ3v) is 3.32.